The van der Waals surface area contributed by atoms with Gasteiger partial charge in [-0.2, -0.15) is 13.2 Å². The minimum absolute atomic E-state index is 0.0189. The number of hydrogen-bond acceptors (Lipinski definition) is 2. The van der Waals surface area contributed by atoms with Gasteiger partial charge in [0.1, 0.15) is 0 Å². The van der Waals surface area contributed by atoms with Gasteiger partial charge in [0.15, 0.2) is 0 Å². The second kappa shape index (κ2) is 7.77. The van der Waals surface area contributed by atoms with E-state index >= 15 is 0 Å². The number of amides is 1. The first kappa shape index (κ1) is 18.2. The van der Waals surface area contributed by atoms with Gasteiger partial charge in [0.05, 0.1) is 12.1 Å². The number of alkyl halides is 3. The Hall–Kier alpha value is -1.56. The third-order valence-electron chi connectivity index (χ3n) is 5.30. The lowest BCUT2D eigenvalue weighted by atomic mass is 9.94. The van der Waals surface area contributed by atoms with Crippen LogP contribution in [-0.2, 0) is 11.0 Å². The summed E-state index contributed by atoms with van der Waals surface area (Å²) < 4.78 is 38.2. The van der Waals surface area contributed by atoms with Crippen LogP contribution in [0.25, 0.3) is 0 Å². The highest BCUT2D eigenvalue weighted by Crippen LogP contribution is 2.34. The standard InChI is InChI=1S/C19H25F3N2O/c20-19(21,22)15-10-8-14(9-11-15)17-7-3-4-12-24(17)13-18(25)23-16-5-1-2-6-16/h8-11,16-17H,1-7,12-13H2,(H,23,25). The van der Waals surface area contributed by atoms with Crippen molar-refractivity contribution in [3.05, 3.63) is 35.4 Å². The van der Waals surface area contributed by atoms with Gasteiger partial charge in [-0.3, -0.25) is 9.69 Å². The second-order valence-electron chi connectivity index (χ2n) is 7.15. The van der Waals surface area contributed by atoms with Crippen LogP contribution in [0.5, 0.6) is 0 Å². The zero-order valence-corrected chi connectivity index (χ0v) is 14.3. The van der Waals surface area contributed by atoms with Crippen molar-refractivity contribution in [2.45, 2.75) is 63.2 Å². The van der Waals surface area contributed by atoms with E-state index in [0.29, 0.717) is 12.6 Å². The van der Waals surface area contributed by atoms with Crippen LogP contribution in [0.15, 0.2) is 24.3 Å². The van der Waals surface area contributed by atoms with E-state index in [2.05, 4.69) is 10.2 Å². The average Bonchev–Trinajstić information content (AvgIpc) is 3.07. The second-order valence-corrected chi connectivity index (χ2v) is 7.15. The lowest BCUT2D eigenvalue weighted by Gasteiger charge is -2.35. The summed E-state index contributed by atoms with van der Waals surface area (Å²) in [5.74, 6) is 0.0331. The van der Waals surface area contributed by atoms with Gasteiger partial charge in [-0.25, -0.2) is 0 Å². The number of carbonyl (C=O) groups excluding carboxylic acids is 1. The maximum Gasteiger partial charge on any atom is 0.416 e. The molecule has 1 aromatic carbocycles. The van der Waals surface area contributed by atoms with Crippen molar-refractivity contribution in [3.63, 3.8) is 0 Å². The van der Waals surface area contributed by atoms with Gasteiger partial charge in [-0.1, -0.05) is 31.4 Å². The van der Waals surface area contributed by atoms with Crippen molar-refractivity contribution in [2.24, 2.45) is 0 Å². The molecule has 0 bridgehead atoms. The molecule has 1 N–H and O–H groups in total. The molecule has 138 valence electrons. The Kier molecular flexibility index (Phi) is 5.67. The predicted molar refractivity (Wildman–Crippen MR) is 90.0 cm³/mol. The van der Waals surface area contributed by atoms with E-state index in [1.165, 1.54) is 12.8 Å². The van der Waals surface area contributed by atoms with Crippen LogP contribution in [0.2, 0.25) is 0 Å². The fourth-order valence-corrected chi connectivity index (χ4v) is 3.98. The molecule has 1 aliphatic carbocycles. The van der Waals surface area contributed by atoms with Crippen LogP contribution in [0.3, 0.4) is 0 Å². The summed E-state index contributed by atoms with van der Waals surface area (Å²) in [5.41, 5.74) is 0.235. The molecular formula is C19H25F3N2O. The molecule has 1 saturated heterocycles. The lowest BCUT2D eigenvalue weighted by Crippen LogP contribution is -2.44. The van der Waals surface area contributed by atoms with Crippen LogP contribution < -0.4 is 5.32 Å². The number of likely N-dealkylation sites (tertiary alicyclic amines) is 1. The van der Waals surface area contributed by atoms with Crippen molar-refractivity contribution in [3.8, 4) is 0 Å². The SMILES string of the molecule is O=C(CN1CCCCC1c1ccc(C(F)(F)F)cc1)NC1CCCC1. The summed E-state index contributed by atoms with van der Waals surface area (Å²) in [7, 11) is 0. The summed E-state index contributed by atoms with van der Waals surface area (Å²) in [6, 6.07) is 5.70. The Labute approximate surface area is 146 Å². The highest BCUT2D eigenvalue weighted by atomic mass is 19.4. The van der Waals surface area contributed by atoms with Crippen molar-refractivity contribution >= 4 is 5.91 Å². The molecule has 1 atom stereocenters. The normalized spacial score (nSPS) is 22.9. The Balaban J connectivity index is 1.64. The van der Waals surface area contributed by atoms with E-state index in [1.54, 1.807) is 12.1 Å². The number of nitrogens with one attached hydrogen (secondary N) is 1. The van der Waals surface area contributed by atoms with Crippen molar-refractivity contribution in [2.75, 3.05) is 13.1 Å². The quantitative estimate of drug-likeness (QED) is 0.875. The number of rotatable bonds is 4. The Bertz CT molecular complexity index is 579. The molecule has 1 saturated carbocycles. The zero-order chi connectivity index (χ0) is 17.9. The molecule has 1 amide bonds. The fourth-order valence-electron chi connectivity index (χ4n) is 3.98. The first-order chi connectivity index (χ1) is 11.9. The minimum atomic E-state index is -4.31. The van der Waals surface area contributed by atoms with E-state index < -0.39 is 11.7 Å². The average molecular weight is 354 g/mol. The molecule has 1 unspecified atom stereocenters. The summed E-state index contributed by atoms with van der Waals surface area (Å²) >= 11 is 0. The maximum atomic E-state index is 12.7. The molecular weight excluding hydrogens is 329 g/mol. The van der Waals surface area contributed by atoms with Crippen LogP contribution >= 0.6 is 0 Å². The summed E-state index contributed by atoms with van der Waals surface area (Å²) in [5, 5.41) is 3.10. The number of hydrogen-bond donors (Lipinski definition) is 1. The smallest absolute Gasteiger partial charge is 0.352 e. The van der Waals surface area contributed by atoms with Crippen LogP contribution in [-0.4, -0.2) is 29.9 Å². The number of nitrogens with zero attached hydrogens (tertiary/aromatic N) is 1. The van der Waals surface area contributed by atoms with Gasteiger partial charge < -0.3 is 5.32 Å². The van der Waals surface area contributed by atoms with E-state index in [4.69, 9.17) is 0 Å². The molecule has 2 aliphatic rings. The Morgan fingerprint density at radius 3 is 2.32 bits per heavy atom. The lowest BCUT2D eigenvalue weighted by molar-refractivity contribution is -0.137. The molecule has 1 aliphatic heterocycles. The van der Waals surface area contributed by atoms with Crippen molar-refractivity contribution in [1.29, 1.82) is 0 Å². The highest BCUT2D eigenvalue weighted by Gasteiger charge is 2.31. The maximum absolute atomic E-state index is 12.7. The Morgan fingerprint density at radius 2 is 1.68 bits per heavy atom. The predicted octanol–water partition coefficient (Wildman–Crippen LogP) is 4.29. The Morgan fingerprint density at radius 1 is 1.04 bits per heavy atom. The van der Waals surface area contributed by atoms with E-state index in [-0.39, 0.29) is 11.9 Å². The summed E-state index contributed by atoms with van der Waals surface area (Å²) in [4.78, 5) is 14.4. The molecule has 25 heavy (non-hydrogen) atoms. The van der Waals surface area contributed by atoms with Crippen LogP contribution in [0.4, 0.5) is 13.2 Å². The number of benzene rings is 1. The summed E-state index contributed by atoms with van der Waals surface area (Å²) in [6.07, 6.45) is 3.06. The largest absolute Gasteiger partial charge is 0.416 e. The van der Waals surface area contributed by atoms with Crippen LogP contribution in [0, 0.1) is 0 Å². The third-order valence-corrected chi connectivity index (χ3v) is 5.30. The zero-order valence-electron chi connectivity index (χ0n) is 14.3. The molecule has 3 rings (SSSR count). The van der Waals surface area contributed by atoms with Gasteiger partial charge in [0, 0.05) is 12.1 Å². The van der Waals surface area contributed by atoms with Gasteiger partial charge in [0.2, 0.25) is 5.91 Å². The van der Waals surface area contributed by atoms with Crippen molar-refractivity contribution < 1.29 is 18.0 Å². The van der Waals surface area contributed by atoms with Crippen LogP contribution in [0.1, 0.15) is 62.1 Å². The highest BCUT2D eigenvalue weighted by molar-refractivity contribution is 5.78. The summed E-state index contributed by atoms with van der Waals surface area (Å²) in [6.45, 7) is 1.13. The number of carbonyl (C=O) groups is 1. The molecule has 1 heterocycles. The van der Waals surface area contributed by atoms with Gasteiger partial charge in [-0.15, -0.1) is 0 Å². The fraction of sp³-hybridized carbons (Fsp3) is 0.632. The van der Waals surface area contributed by atoms with Crippen molar-refractivity contribution in [1.82, 2.24) is 10.2 Å². The number of halogens is 3. The molecule has 6 heteroatoms. The first-order valence-corrected chi connectivity index (χ1v) is 9.14. The molecule has 0 radical (unpaired) electrons. The third kappa shape index (κ3) is 4.75. The van der Waals surface area contributed by atoms with E-state index in [0.717, 1.165) is 56.3 Å². The molecule has 3 nitrogen and oxygen atoms in total. The van der Waals surface area contributed by atoms with E-state index in [1.807, 2.05) is 0 Å². The number of piperidine rings is 1. The molecule has 1 aromatic rings. The van der Waals surface area contributed by atoms with E-state index in [9.17, 15) is 18.0 Å². The van der Waals surface area contributed by atoms with Gasteiger partial charge in [-0.05, 0) is 49.9 Å². The van der Waals surface area contributed by atoms with Gasteiger partial charge >= 0.3 is 6.18 Å². The monoisotopic (exact) mass is 354 g/mol. The molecule has 0 aromatic heterocycles. The van der Waals surface area contributed by atoms with Gasteiger partial charge in [0.25, 0.3) is 0 Å². The molecule has 2 fully saturated rings. The topological polar surface area (TPSA) is 32.3 Å². The molecule has 0 spiro atoms. The first-order valence-electron chi connectivity index (χ1n) is 9.14. The minimum Gasteiger partial charge on any atom is -0.352 e.